The summed E-state index contributed by atoms with van der Waals surface area (Å²) in [7, 11) is -0.527. The summed E-state index contributed by atoms with van der Waals surface area (Å²) in [6.07, 6.45) is 2.02. The van der Waals surface area contributed by atoms with E-state index < -0.39 is 35.4 Å². The van der Waals surface area contributed by atoms with Gasteiger partial charge in [-0.2, -0.15) is 0 Å². The standard InChI is InChI=1S/C21H52N2O7Si4/c1-10-28-34(29-11-2,30-12-3)20-17-31-21(22-15-13-18-32(8,24-4)25-5)23-16-14-19-33(9,26-6)27-7/h17,20-23H,10-16,18-19,31H2,1-9H3. The molecule has 0 atom stereocenters. The molecule has 0 rings (SSSR count). The minimum Gasteiger partial charge on any atom is -0.398 e. The molecule has 0 radical (unpaired) electrons. The highest BCUT2D eigenvalue weighted by Crippen LogP contribution is 2.14. The summed E-state index contributed by atoms with van der Waals surface area (Å²) in [4.78, 5) is 0. The largest absolute Gasteiger partial charge is 0.528 e. The van der Waals surface area contributed by atoms with E-state index in [9.17, 15) is 0 Å². The summed E-state index contributed by atoms with van der Waals surface area (Å²) < 4.78 is 40.3. The number of rotatable bonds is 23. The van der Waals surface area contributed by atoms with Gasteiger partial charge in [-0.3, -0.25) is 0 Å². The van der Waals surface area contributed by atoms with Crippen LogP contribution in [0.2, 0.25) is 25.2 Å². The lowest BCUT2D eigenvalue weighted by Gasteiger charge is -2.26. The maximum atomic E-state index is 5.96. The molecular formula is C21H52N2O7Si4. The minimum atomic E-state index is -2.76. The first-order valence-corrected chi connectivity index (χ1v) is 21.0. The van der Waals surface area contributed by atoms with Crippen LogP contribution in [0.3, 0.4) is 0 Å². The molecule has 0 fully saturated rings. The molecule has 0 aliphatic rings. The zero-order valence-corrected chi connectivity index (χ0v) is 27.6. The van der Waals surface area contributed by atoms with Gasteiger partial charge in [0.1, 0.15) is 0 Å². The van der Waals surface area contributed by atoms with E-state index in [0.29, 0.717) is 19.8 Å². The molecule has 34 heavy (non-hydrogen) atoms. The highest BCUT2D eigenvalue weighted by atomic mass is 28.4. The lowest BCUT2D eigenvalue weighted by atomic mass is 10.4. The lowest BCUT2D eigenvalue weighted by Crippen LogP contribution is -2.49. The van der Waals surface area contributed by atoms with Gasteiger partial charge < -0.3 is 41.6 Å². The average Bonchev–Trinajstić information content (AvgIpc) is 2.84. The van der Waals surface area contributed by atoms with Gasteiger partial charge in [0.15, 0.2) is 0 Å². The average molecular weight is 557 g/mol. The fourth-order valence-corrected chi connectivity index (χ4v) is 10.7. The van der Waals surface area contributed by atoms with Crippen LogP contribution in [0.5, 0.6) is 0 Å². The molecule has 0 bridgehead atoms. The summed E-state index contributed by atoms with van der Waals surface area (Å²) in [6, 6.07) is 1.91. The van der Waals surface area contributed by atoms with Crippen molar-refractivity contribution in [1.29, 1.82) is 0 Å². The van der Waals surface area contributed by atoms with Crippen LogP contribution in [0.1, 0.15) is 33.6 Å². The third kappa shape index (κ3) is 14.1. The second-order valence-corrected chi connectivity index (χ2v) is 19.6. The van der Waals surface area contributed by atoms with E-state index >= 15 is 0 Å². The smallest absolute Gasteiger partial charge is 0.398 e. The highest BCUT2D eigenvalue weighted by molar-refractivity contribution is 6.68. The Hall–Kier alpha value is 0.248. The van der Waals surface area contributed by atoms with Crippen molar-refractivity contribution in [2.75, 3.05) is 61.3 Å². The third-order valence-electron chi connectivity index (χ3n) is 5.85. The molecule has 0 saturated heterocycles. The fraction of sp³-hybridized carbons (Fsp3) is 0.905. The van der Waals surface area contributed by atoms with E-state index in [4.69, 9.17) is 31.0 Å². The van der Waals surface area contributed by atoms with Crippen LogP contribution >= 0.6 is 0 Å². The van der Waals surface area contributed by atoms with Gasteiger partial charge in [0.25, 0.3) is 0 Å². The molecule has 0 spiro atoms. The first kappa shape index (κ1) is 34.2. The normalized spacial score (nSPS) is 13.8. The Labute approximate surface area is 214 Å². The van der Waals surface area contributed by atoms with Crippen molar-refractivity contribution in [3.63, 3.8) is 0 Å². The van der Waals surface area contributed by atoms with Crippen LogP contribution in [0.25, 0.3) is 0 Å². The van der Waals surface area contributed by atoms with Gasteiger partial charge in [0.2, 0.25) is 0 Å². The van der Waals surface area contributed by atoms with Crippen molar-refractivity contribution in [2.24, 2.45) is 0 Å². The topological polar surface area (TPSA) is 88.7 Å². The van der Waals surface area contributed by atoms with Crippen LogP contribution in [0, 0.1) is 0 Å². The summed E-state index contributed by atoms with van der Waals surface area (Å²) in [5, 5.41) is 7.40. The molecule has 0 amide bonds. The highest BCUT2D eigenvalue weighted by Gasteiger charge is 2.37. The predicted octanol–water partition coefficient (Wildman–Crippen LogP) is 2.23. The molecule has 0 aromatic rings. The van der Waals surface area contributed by atoms with E-state index in [1.54, 1.807) is 28.4 Å². The van der Waals surface area contributed by atoms with Crippen LogP contribution in [0.15, 0.2) is 11.4 Å². The molecule has 0 saturated carbocycles. The number of hydrogen-bond donors (Lipinski definition) is 2. The maximum absolute atomic E-state index is 5.96. The Morgan fingerprint density at radius 1 is 0.706 bits per heavy atom. The van der Waals surface area contributed by atoms with Crippen molar-refractivity contribution in [1.82, 2.24) is 10.6 Å². The SMILES string of the molecule is CCO[Si](C=C[SiH2]C(NCCC[Si](C)(OC)OC)NCCC[Si](C)(OC)OC)(OCC)OCC. The maximum Gasteiger partial charge on any atom is 0.528 e. The van der Waals surface area contributed by atoms with E-state index in [-0.39, 0.29) is 5.79 Å². The van der Waals surface area contributed by atoms with Gasteiger partial charge in [-0.15, -0.1) is 0 Å². The van der Waals surface area contributed by atoms with Gasteiger partial charge in [0, 0.05) is 54.0 Å². The van der Waals surface area contributed by atoms with Crippen LogP contribution in [-0.2, 0) is 31.0 Å². The summed E-state index contributed by atoms with van der Waals surface area (Å²) >= 11 is 0. The zero-order valence-electron chi connectivity index (χ0n) is 23.2. The Kier molecular flexibility index (Phi) is 19.5. The molecular weight excluding hydrogens is 505 g/mol. The van der Waals surface area contributed by atoms with E-state index in [2.05, 4.69) is 35.1 Å². The predicted molar refractivity (Wildman–Crippen MR) is 148 cm³/mol. The van der Waals surface area contributed by atoms with Crippen molar-refractivity contribution < 1.29 is 31.0 Å². The second-order valence-electron chi connectivity index (χ2n) is 8.29. The third-order valence-corrected chi connectivity index (χ3v) is 16.6. The first-order chi connectivity index (χ1) is 16.2. The molecule has 0 aliphatic heterocycles. The Morgan fingerprint density at radius 3 is 1.41 bits per heavy atom. The Balaban J connectivity index is 5.03. The van der Waals surface area contributed by atoms with Gasteiger partial charge in [-0.05, 0) is 77.6 Å². The van der Waals surface area contributed by atoms with E-state index in [1.165, 1.54) is 0 Å². The van der Waals surface area contributed by atoms with Crippen molar-refractivity contribution in [3.8, 4) is 0 Å². The lowest BCUT2D eigenvalue weighted by molar-refractivity contribution is 0.0843. The monoisotopic (exact) mass is 556 g/mol. The molecule has 0 aromatic heterocycles. The van der Waals surface area contributed by atoms with Gasteiger partial charge in [-0.1, -0.05) is 5.70 Å². The molecule has 2 N–H and O–H groups in total. The quantitative estimate of drug-likeness (QED) is 0.112. The number of nitrogens with one attached hydrogen (secondary N) is 2. The zero-order chi connectivity index (χ0) is 25.9. The Bertz CT molecular complexity index is 484. The molecule has 9 nitrogen and oxygen atoms in total. The summed E-state index contributed by atoms with van der Waals surface area (Å²) in [5.41, 5.74) is 4.33. The van der Waals surface area contributed by atoms with Crippen molar-refractivity contribution in [2.45, 2.75) is 64.6 Å². The second kappa shape index (κ2) is 19.4. The van der Waals surface area contributed by atoms with Gasteiger partial charge in [-0.25, -0.2) is 0 Å². The molecule has 0 aliphatic carbocycles. The summed E-state index contributed by atoms with van der Waals surface area (Å²) in [6.45, 7) is 13.7. The van der Waals surface area contributed by atoms with Crippen LogP contribution in [0.4, 0.5) is 0 Å². The minimum absolute atomic E-state index is 0.254. The van der Waals surface area contributed by atoms with Gasteiger partial charge >= 0.3 is 25.9 Å². The molecule has 0 aromatic carbocycles. The van der Waals surface area contributed by atoms with Crippen molar-refractivity contribution in [3.05, 3.63) is 11.4 Å². The fourth-order valence-electron chi connectivity index (χ4n) is 3.41. The van der Waals surface area contributed by atoms with Crippen molar-refractivity contribution >= 4 is 35.4 Å². The Morgan fingerprint density at radius 2 is 1.09 bits per heavy atom. The molecule has 204 valence electrons. The van der Waals surface area contributed by atoms with E-state index in [0.717, 1.165) is 38.0 Å². The molecule has 0 unspecified atom stereocenters. The molecule has 13 heteroatoms. The molecule has 0 heterocycles. The van der Waals surface area contributed by atoms with Crippen LogP contribution in [-0.4, -0.2) is 103 Å². The van der Waals surface area contributed by atoms with E-state index in [1.807, 2.05) is 20.8 Å². The summed E-state index contributed by atoms with van der Waals surface area (Å²) in [5.74, 6) is 0.254. The first-order valence-electron chi connectivity index (χ1n) is 12.5. The number of hydrogen-bond acceptors (Lipinski definition) is 9. The van der Waals surface area contributed by atoms with Gasteiger partial charge in [0.05, 0.1) is 9.52 Å². The van der Waals surface area contributed by atoms with Crippen LogP contribution < -0.4 is 10.6 Å².